The van der Waals surface area contributed by atoms with Gasteiger partial charge >= 0.3 is 0 Å². The molecule has 2 N–H and O–H groups in total. The lowest BCUT2D eigenvalue weighted by Gasteiger charge is -2.33. The molecule has 2 aliphatic rings. The average Bonchev–Trinajstić information content (AvgIpc) is 3.30. The maximum atomic E-state index is 14.0. The number of aliphatic imine (C=N–C) groups is 1. The highest BCUT2D eigenvalue weighted by Gasteiger charge is 2.22. The number of nitrogens with zero attached hydrogens (tertiary/aromatic N) is 3. The van der Waals surface area contributed by atoms with Crippen LogP contribution in [0.2, 0.25) is 0 Å². The molecule has 2 heterocycles. The van der Waals surface area contributed by atoms with Gasteiger partial charge in [0.25, 0.3) is 0 Å². The zero-order chi connectivity index (χ0) is 22.9. The molecule has 1 aromatic rings. The number of likely N-dealkylation sites (N-methyl/N-ethyl adjacent to an activating group) is 1. The molecule has 0 aromatic heterocycles. The summed E-state index contributed by atoms with van der Waals surface area (Å²) in [5.74, 6) is 1.07. The number of halogens is 2. The van der Waals surface area contributed by atoms with E-state index in [9.17, 15) is 9.18 Å². The van der Waals surface area contributed by atoms with Crippen LogP contribution in [0.1, 0.15) is 24.8 Å². The molecule has 1 unspecified atom stereocenters. The molecule has 0 radical (unpaired) electrons. The SMILES string of the molecule is COc1ccc(CN2CCC(NC(=NCC(=O)N(C)C)NCC3CCOC3)CC2)cc1F.I. The molecule has 2 fully saturated rings. The highest BCUT2D eigenvalue weighted by molar-refractivity contribution is 14.0. The van der Waals surface area contributed by atoms with Gasteiger partial charge in [-0.2, -0.15) is 0 Å². The number of carbonyl (C=O) groups is 1. The van der Waals surface area contributed by atoms with Crippen LogP contribution >= 0.6 is 24.0 Å². The van der Waals surface area contributed by atoms with E-state index in [4.69, 9.17) is 9.47 Å². The van der Waals surface area contributed by atoms with Gasteiger partial charge in [0.2, 0.25) is 5.91 Å². The molecule has 0 spiro atoms. The zero-order valence-electron chi connectivity index (χ0n) is 19.8. The number of nitrogens with one attached hydrogen (secondary N) is 2. The van der Waals surface area contributed by atoms with Gasteiger partial charge in [0, 0.05) is 58.8 Å². The van der Waals surface area contributed by atoms with Gasteiger partial charge in [0.1, 0.15) is 6.54 Å². The number of methoxy groups -OCH3 is 1. The molecule has 2 saturated heterocycles. The van der Waals surface area contributed by atoms with Gasteiger partial charge in [0.15, 0.2) is 17.5 Å². The smallest absolute Gasteiger partial charge is 0.243 e. The maximum Gasteiger partial charge on any atom is 0.243 e. The average molecular weight is 577 g/mol. The Balaban J connectivity index is 0.00000385. The van der Waals surface area contributed by atoms with Crippen LogP contribution in [0, 0.1) is 11.7 Å². The summed E-state index contributed by atoms with van der Waals surface area (Å²) in [5, 5.41) is 6.90. The Morgan fingerprint density at radius 2 is 2.06 bits per heavy atom. The van der Waals surface area contributed by atoms with Gasteiger partial charge in [-0.3, -0.25) is 9.69 Å². The lowest BCUT2D eigenvalue weighted by molar-refractivity contribution is -0.127. The van der Waals surface area contributed by atoms with Crippen molar-refractivity contribution in [2.45, 2.75) is 31.8 Å². The summed E-state index contributed by atoms with van der Waals surface area (Å²) in [5.41, 5.74) is 0.944. The standard InChI is InChI=1S/C23H36FN5O3.HI/c1-28(2)22(30)14-26-23(25-13-18-8-11-32-16-18)27-19-6-9-29(10-7-19)15-17-4-5-21(31-3)20(24)12-17;/h4-5,12,18-19H,6-11,13-16H2,1-3H3,(H2,25,26,27);1H. The van der Waals surface area contributed by atoms with Crippen molar-refractivity contribution in [3.05, 3.63) is 29.6 Å². The fraction of sp³-hybridized carbons (Fsp3) is 0.652. The number of carbonyl (C=O) groups excluding carboxylic acids is 1. The minimum atomic E-state index is -0.326. The first-order valence-electron chi connectivity index (χ1n) is 11.3. The zero-order valence-corrected chi connectivity index (χ0v) is 22.1. The Kier molecular flexibility index (Phi) is 11.6. The topological polar surface area (TPSA) is 78.4 Å². The number of hydrogen-bond acceptors (Lipinski definition) is 5. The predicted molar refractivity (Wildman–Crippen MR) is 138 cm³/mol. The van der Waals surface area contributed by atoms with Gasteiger partial charge in [-0.25, -0.2) is 9.38 Å². The van der Waals surface area contributed by atoms with E-state index in [1.807, 2.05) is 6.07 Å². The number of hydrogen-bond donors (Lipinski definition) is 2. The molecule has 2 aliphatic heterocycles. The first-order valence-corrected chi connectivity index (χ1v) is 11.3. The van der Waals surface area contributed by atoms with Crippen molar-refractivity contribution in [1.82, 2.24) is 20.4 Å². The highest BCUT2D eigenvalue weighted by atomic mass is 127. The normalized spacial score (nSPS) is 19.6. The van der Waals surface area contributed by atoms with Gasteiger partial charge in [-0.05, 0) is 37.0 Å². The minimum Gasteiger partial charge on any atom is -0.494 e. The summed E-state index contributed by atoms with van der Waals surface area (Å²) in [6.07, 6.45) is 2.95. The van der Waals surface area contributed by atoms with E-state index >= 15 is 0 Å². The van der Waals surface area contributed by atoms with Gasteiger partial charge in [-0.15, -0.1) is 24.0 Å². The summed E-state index contributed by atoms with van der Waals surface area (Å²) >= 11 is 0. The van der Waals surface area contributed by atoms with Crippen LogP contribution in [-0.4, -0.2) is 88.3 Å². The summed E-state index contributed by atoms with van der Waals surface area (Å²) in [6.45, 7) is 5.00. The number of guanidine groups is 1. The van der Waals surface area contributed by atoms with Crippen LogP contribution in [0.25, 0.3) is 0 Å². The molecule has 1 aromatic carbocycles. The second-order valence-corrected chi connectivity index (χ2v) is 8.73. The molecule has 1 amide bonds. The number of rotatable bonds is 8. The number of ether oxygens (including phenoxy) is 2. The van der Waals surface area contributed by atoms with Gasteiger partial charge in [0.05, 0.1) is 13.7 Å². The minimum absolute atomic E-state index is 0. The summed E-state index contributed by atoms with van der Waals surface area (Å²) in [7, 11) is 4.94. The molecular formula is C23H37FIN5O3. The van der Waals surface area contributed by atoms with Crippen molar-refractivity contribution < 1.29 is 18.7 Å². The molecule has 186 valence electrons. The van der Waals surface area contributed by atoms with E-state index in [1.165, 1.54) is 7.11 Å². The quantitative estimate of drug-likeness (QED) is 0.280. The lowest BCUT2D eigenvalue weighted by atomic mass is 10.0. The Morgan fingerprint density at radius 3 is 2.67 bits per heavy atom. The van der Waals surface area contributed by atoms with Crippen molar-refractivity contribution in [2.24, 2.45) is 10.9 Å². The monoisotopic (exact) mass is 577 g/mol. The van der Waals surface area contributed by atoms with Crippen LogP contribution in [0.5, 0.6) is 5.75 Å². The van der Waals surface area contributed by atoms with Crippen molar-refractivity contribution in [1.29, 1.82) is 0 Å². The summed E-state index contributed by atoms with van der Waals surface area (Å²) < 4.78 is 24.4. The fourth-order valence-corrected chi connectivity index (χ4v) is 3.92. The largest absolute Gasteiger partial charge is 0.494 e. The molecule has 0 saturated carbocycles. The molecule has 10 heteroatoms. The fourth-order valence-electron chi connectivity index (χ4n) is 3.92. The van der Waals surface area contributed by atoms with Crippen molar-refractivity contribution in [3.63, 3.8) is 0 Å². The third-order valence-corrected chi connectivity index (χ3v) is 6.00. The van der Waals surface area contributed by atoms with E-state index in [-0.39, 0.29) is 54.0 Å². The van der Waals surface area contributed by atoms with E-state index in [1.54, 1.807) is 31.1 Å². The Labute approximate surface area is 213 Å². The molecule has 8 nitrogen and oxygen atoms in total. The van der Waals surface area contributed by atoms with Crippen molar-refractivity contribution in [2.75, 3.05) is 60.6 Å². The number of benzene rings is 1. The highest BCUT2D eigenvalue weighted by Crippen LogP contribution is 2.20. The molecule has 0 bridgehead atoms. The first-order chi connectivity index (χ1) is 15.4. The lowest BCUT2D eigenvalue weighted by Crippen LogP contribution is -2.49. The number of likely N-dealkylation sites (tertiary alicyclic amines) is 1. The maximum absolute atomic E-state index is 14.0. The van der Waals surface area contributed by atoms with Crippen molar-refractivity contribution in [3.8, 4) is 5.75 Å². The molecule has 0 aliphatic carbocycles. The third kappa shape index (κ3) is 8.90. The van der Waals surface area contributed by atoms with Crippen LogP contribution in [-0.2, 0) is 16.1 Å². The van der Waals surface area contributed by atoms with E-state index in [0.717, 1.165) is 57.7 Å². The summed E-state index contributed by atoms with van der Waals surface area (Å²) in [4.78, 5) is 20.4. The van der Waals surface area contributed by atoms with E-state index in [0.29, 0.717) is 18.4 Å². The molecule has 1 atom stereocenters. The predicted octanol–water partition coefficient (Wildman–Crippen LogP) is 2.08. The summed E-state index contributed by atoms with van der Waals surface area (Å²) in [6, 6.07) is 5.42. The number of piperidine rings is 1. The van der Waals surface area contributed by atoms with Crippen LogP contribution in [0.3, 0.4) is 0 Å². The second-order valence-electron chi connectivity index (χ2n) is 8.73. The second kappa shape index (κ2) is 13.9. The Morgan fingerprint density at radius 1 is 1.30 bits per heavy atom. The van der Waals surface area contributed by atoms with Crippen LogP contribution < -0.4 is 15.4 Å². The molecular weight excluding hydrogens is 540 g/mol. The number of amides is 1. The first kappa shape index (κ1) is 27.6. The van der Waals surface area contributed by atoms with E-state index < -0.39 is 0 Å². The Bertz CT molecular complexity index is 781. The van der Waals surface area contributed by atoms with Gasteiger partial charge in [-0.1, -0.05) is 6.07 Å². The van der Waals surface area contributed by atoms with E-state index in [2.05, 4.69) is 20.5 Å². The Hall–Kier alpha value is -1.66. The van der Waals surface area contributed by atoms with Gasteiger partial charge < -0.3 is 25.0 Å². The van der Waals surface area contributed by atoms with Crippen LogP contribution in [0.4, 0.5) is 4.39 Å². The third-order valence-electron chi connectivity index (χ3n) is 6.00. The molecule has 3 rings (SSSR count). The molecule has 33 heavy (non-hydrogen) atoms. The van der Waals surface area contributed by atoms with Crippen LogP contribution in [0.15, 0.2) is 23.2 Å². The van der Waals surface area contributed by atoms with Crippen molar-refractivity contribution >= 4 is 35.8 Å².